The molecule has 3 aromatic carbocycles. The van der Waals surface area contributed by atoms with Crippen LogP contribution in [0.15, 0.2) is 93.3 Å². The fourth-order valence-electron chi connectivity index (χ4n) is 3.24. The quantitative estimate of drug-likeness (QED) is 0.382. The molecule has 0 aromatic heterocycles. The maximum absolute atomic E-state index is 12.6. The van der Waals surface area contributed by atoms with E-state index in [4.69, 9.17) is 0 Å². The summed E-state index contributed by atoms with van der Waals surface area (Å²) in [6, 6.07) is 19.5. The van der Waals surface area contributed by atoms with Gasteiger partial charge in [0.2, 0.25) is 0 Å². The van der Waals surface area contributed by atoms with Crippen molar-refractivity contribution in [2.45, 2.75) is 19.0 Å². The first-order valence-electron chi connectivity index (χ1n) is 9.93. The van der Waals surface area contributed by atoms with Gasteiger partial charge in [0.05, 0.1) is 28.3 Å². The van der Waals surface area contributed by atoms with Crippen molar-refractivity contribution < 1.29 is 13.2 Å². The van der Waals surface area contributed by atoms with Crippen molar-refractivity contribution in [3.63, 3.8) is 0 Å². The molecule has 0 spiro atoms. The zero-order valence-corrected chi connectivity index (χ0v) is 16.6. The summed E-state index contributed by atoms with van der Waals surface area (Å²) in [6.07, 6.45) is -1.89. The summed E-state index contributed by atoms with van der Waals surface area (Å²) in [5, 5.41) is 16.5. The third-order valence-electron chi connectivity index (χ3n) is 4.93. The van der Waals surface area contributed by atoms with Crippen LogP contribution in [-0.4, -0.2) is 13.1 Å². The highest BCUT2D eigenvalue weighted by Gasteiger charge is 2.29. The lowest BCUT2D eigenvalue weighted by molar-refractivity contribution is -0.137. The Balaban J connectivity index is 1.36. The number of alkyl halides is 3. The average Bonchev–Trinajstić information content (AvgIpc) is 3.32. The van der Waals surface area contributed by atoms with Gasteiger partial charge in [0.1, 0.15) is 0 Å². The standard InChI is InChI=1S/C23H20F3N5/c24-23(25,26)17-3-5-18(6-4-17)27-28-19-7-9-20(10-8-19)29-30-21-11-13-22(14-12-21)31-15-1-2-16-31/h3-14H,1-2,15-16H2/b28-27+,30-29+. The molecular weight excluding hydrogens is 403 g/mol. The Morgan fingerprint density at radius 1 is 0.548 bits per heavy atom. The fraction of sp³-hybridized carbons (Fsp3) is 0.217. The highest BCUT2D eigenvalue weighted by molar-refractivity contribution is 5.54. The van der Waals surface area contributed by atoms with E-state index in [2.05, 4.69) is 37.5 Å². The third kappa shape index (κ3) is 5.53. The molecule has 1 fully saturated rings. The van der Waals surface area contributed by atoms with Gasteiger partial charge in [-0.2, -0.15) is 33.6 Å². The SMILES string of the molecule is FC(F)(F)c1ccc(/N=N/c2ccc(/N=N/c3ccc(N4CCCC4)cc3)cc2)cc1. The van der Waals surface area contributed by atoms with Crippen molar-refractivity contribution in [2.24, 2.45) is 20.5 Å². The van der Waals surface area contributed by atoms with Gasteiger partial charge in [0.25, 0.3) is 0 Å². The maximum Gasteiger partial charge on any atom is 0.416 e. The van der Waals surface area contributed by atoms with Crippen LogP contribution < -0.4 is 4.90 Å². The molecule has 1 aliphatic rings. The van der Waals surface area contributed by atoms with Crippen LogP contribution in [0.3, 0.4) is 0 Å². The van der Waals surface area contributed by atoms with Crippen LogP contribution >= 0.6 is 0 Å². The molecule has 158 valence electrons. The van der Waals surface area contributed by atoms with Crippen molar-refractivity contribution in [1.29, 1.82) is 0 Å². The summed E-state index contributed by atoms with van der Waals surface area (Å²) in [5.74, 6) is 0. The molecular formula is C23H20F3N5. The number of anilines is 1. The predicted octanol–water partition coefficient (Wildman–Crippen LogP) is 8.14. The normalized spacial score (nSPS) is 14.7. The molecule has 8 heteroatoms. The van der Waals surface area contributed by atoms with Crippen LogP contribution in [0.4, 0.5) is 41.6 Å². The van der Waals surface area contributed by atoms with E-state index in [1.807, 2.05) is 12.1 Å². The molecule has 0 amide bonds. The van der Waals surface area contributed by atoms with Crippen molar-refractivity contribution in [3.8, 4) is 0 Å². The molecule has 5 nitrogen and oxygen atoms in total. The van der Waals surface area contributed by atoms with Crippen LogP contribution in [0, 0.1) is 0 Å². The molecule has 0 atom stereocenters. The molecule has 1 saturated heterocycles. The summed E-state index contributed by atoms with van der Waals surface area (Å²) in [6.45, 7) is 2.20. The first-order valence-corrected chi connectivity index (χ1v) is 9.93. The Kier molecular flexibility index (Phi) is 6.06. The number of nitrogens with zero attached hydrogens (tertiary/aromatic N) is 5. The van der Waals surface area contributed by atoms with Gasteiger partial charge in [-0.1, -0.05) is 0 Å². The lowest BCUT2D eigenvalue weighted by Gasteiger charge is -2.17. The lowest BCUT2D eigenvalue weighted by Crippen LogP contribution is -2.17. The van der Waals surface area contributed by atoms with Gasteiger partial charge in [-0.05, 0) is 85.6 Å². The Morgan fingerprint density at radius 2 is 0.903 bits per heavy atom. The highest BCUT2D eigenvalue weighted by Crippen LogP contribution is 2.31. The minimum atomic E-state index is -4.37. The number of benzene rings is 3. The van der Waals surface area contributed by atoms with Crippen molar-refractivity contribution in [3.05, 3.63) is 78.4 Å². The van der Waals surface area contributed by atoms with E-state index in [9.17, 15) is 13.2 Å². The molecule has 0 saturated carbocycles. The van der Waals surface area contributed by atoms with Crippen LogP contribution in [0.5, 0.6) is 0 Å². The van der Waals surface area contributed by atoms with Crippen LogP contribution in [0.2, 0.25) is 0 Å². The van der Waals surface area contributed by atoms with Gasteiger partial charge in [-0.3, -0.25) is 0 Å². The summed E-state index contributed by atoms with van der Waals surface area (Å²) in [5.41, 5.74) is 2.83. The smallest absolute Gasteiger partial charge is 0.372 e. The Labute approximate surface area is 178 Å². The Hall–Kier alpha value is -3.55. The molecule has 0 aliphatic carbocycles. The van der Waals surface area contributed by atoms with Crippen LogP contribution in [0.1, 0.15) is 18.4 Å². The second-order valence-corrected chi connectivity index (χ2v) is 7.17. The van der Waals surface area contributed by atoms with Crippen LogP contribution in [-0.2, 0) is 6.18 Å². The Bertz CT molecular complexity index is 1050. The summed E-state index contributed by atoms with van der Waals surface area (Å²) in [7, 11) is 0. The van der Waals surface area contributed by atoms with Gasteiger partial charge in [0, 0.05) is 18.8 Å². The molecule has 1 heterocycles. The van der Waals surface area contributed by atoms with E-state index in [1.54, 1.807) is 24.3 Å². The van der Waals surface area contributed by atoms with E-state index >= 15 is 0 Å². The van der Waals surface area contributed by atoms with E-state index in [0.29, 0.717) is 17.1 Å². The molecule has 0 unspecified atom stereocenters. The van der Waals surface area contributed by atoms with Crippen molar-refractivity contribution in [1.82, 2.24) is 0 Å². The van der Waals surface area contributed by atoms with E-state index in [-0.39, 0.29) is 0 Å². The number of azo groups is 2. The van der Waals surface area contributed by atoms with Gasteiger partial charge in [-0.25, -0.2) is 0 Å². The molecule has 31 heavy (non-hydrogen) atoms. The maximum atomic E-state index is 12.6. The summed E-state index contributed by atoms with van der Waals surface area (Å²) in [4.78, 5) is 2.36. The third-order valence-corrected chi connectivity index (χ3v) is 4.93. The first kappa shape index (κ1) is 20.7. The topological polar surface area (TPSA) is 52.7 Å². The molecule has 1 aliphatic heterocycles. The van der Waals surface area contributed by atoms with Gasteiger partial charge >= 0.3 is 6.18 Å². The zero-order chi connectivity index (χ0) is 21.7. The number of hydrogen-bond donors (Lipinski definition) is 0. The molecule has 4 rings (SSSR count). The number of hydrogen-bond acceptors (Lipinski definition) is 5. The minimum absolute atomic E-state index is 0.342. The second kappa shape index (κ2) is 9.07. The predicted molar refractivity (Wildman–Crippen MR) is 114 cm³/mol. The monoisotopic (exact) mass is 423 g/mol. The largest absolute Gasteiger partial charge is 0.416 e. The van der Waals surface area contributed by atoms with Gasteiger partial charge in [-0.15, -0.1) is 0 Å². The average molecular weight is 423 g/mol. The van der Waals surface area contributed by atoms with E-state index in [0.717, 1.165) is 30.9 Å². The van der Waals surface area contributed by atoms with Gasteiger partial charge in [0.15, 0.2) is 0 Å². The summed E-state index contributed by atoms with van der Waals surface area (Å²) >= 11 is 0. The van der Waals surface area contributed by atoms with Crippen molar-refractivity contribution >= 4 is 28.4 Å². The molecule has 0 radical (unpaired) electrons. The fourth-order valence-corrected chi connectivity index (χ4v) is 3.24. The van der Waals surface area contributed by atoms with Crippen LogP contribution in [0.25, 0.3) is 0 Å². The highest BCUT2D eigenvalue weighted by atomic mass is 19.4. The zero-order valence-electron chi connectivity index (χ0n) is 16.6. The van der Waals surface area contributed by atoms with E-state index < -0.39 is 11.7 Å². The lowest BCUT2D eigenvalue weighted by atomic mass is 10.2. The number of rotatable bonds is 5. The van der Waals surface area contributed by atoms with Crippen molar-refractivity contribution in [2.75, 3.05) is 18.0 Å². The first-order chi connectivity index (χ1) is 15.0. The second-order valence-electron chi connectivity index (χ2n) is 7.17. The Morgan fingerprint density at radius 3 is 1.29 bits per heavy atom. The molecule has 3 aromatic rings. The van der Waals surface area contributed by atoms with Gasteiger partial charge < -0.3 is 4.90 Å². The van der Waals surface area contributed by atoms with E-state index in [1.165, 1.54) is 30.7 Å². The molecule has 0 bridgehead atoms. The summed E-state index contributed by atoms with van der Waals surface area (Å²) < 4.78 is 37.8. The minimum Gasteiger partial charge on any atom is -0.372 e. The number of halogens is 3. The molecule has 0 N–H and O–H groups in total.